The predicted molar refractivity (Wildman–Crippen MR) is 67.1 cm³/mol. The Morgan fingerprint density at radius 1 is 1.06 bits per heavy atom. The Hall–Kier alpha value is -1.02. The molecule has 2 aliphatic rings. The first-order chi connectivity index (χ1) is 7.33. The third-order valence-corrected chi connectivity index (χ3v) is 3.83. The Labute approximate surface area is 102 Å². The van der Waals surface area contributed by atoms with E-state index >= 15 is 0 Å². The fourth-order valence-electron chi connectivity index (χ4n) is 3.03. The van der Waals surface area contributed by atoms with Gasteiger partial charge in [-0.25, -0.2) is 0 Å². The second kappa shape index (κ2) is 4.10. The van der Waals surface area contributed by atoms with Crippen LogP contribution in [-0.2, 0) is 10.2 Å². The lowest BCUT2D eigenvalue weighted by Crippen LogP contribution is -2.36. The van der Waals surface area contributed by atoms with Crippen molar-refractivity contribution in [1.29, 1.82) is 0 Å². The number of rotatable bonds is 0. The molecule has 0 saturated heterocycles. The van der Waals surface area contributed by atoms with Crippen LogP contribution >= 0.6 is 12.4 Å². The van der Waals surface area contributed by atoms with E-state index in [2.05, 4.69) is 11.4 Å². The van der Waals surface area contributed by atoms with Gasteiger partial charge < -0.3 is 5.32 Å². The van der Waals surface area contributed by atoms with Crippen LogP contribution in [0, 0.1) is 0 Å². The summed E-state index contributed by atoms with van der Waals surface area (Å²) in [5.41, 5.74) is 2.08. The van der Waals surface area contributed by atoms with E-state index in [1.54, 1.807) is 0 Å². The molecule has 0 bridgehead atoms. The first kappa shape index (κ1) is 11.5. The standard InChI is InChI=1S/C13H15NO.ClH/c15-12-13(8-4-1-5-9-13)10-6-2-3-7-11(10)14-12;/h2-3,6-7H,1,4-5,8-9H2,(H,14,15);1H. The smallest absolute Gasteiger partial charge is 0.235 e. The number of amides is 1. The summed E-state index contributed by atoms with van der Waals surface area (Å²) in [6.07, 6.45) is 5.69. The fraction of sp³-hybridized carbons (Fsp3) is 0.462. The molecule has 16 heavy (non-hydrogen) atoms. The lowest BCUT2D eigenvalue weighted by Gasteiger charge is -2.31. The molecule has 1 heterocycles. The number of benzene rings is 1. The lowest BCUT2D eigenvalue weighted by atomic mass is 9.70. The third kappa shape index (κ3) is 1.44. The number of para-hydroxylation sites is 1. The zero-order chi connectivity index (χ0) is 10.3. The van der Waals surface area contributed by atoms with E-state index in [-0.39, 0.29) is 23.7 Å². The Morgan fingerprint density at radius 3 is 2.50 bits per heavy atom. The molecule has 0 atom stereocenters. The van der Waals surface area contributed by atoms with Gasteiger partial charge in [-0.2, -0.15) is 0 Å². The van der Waals surface area contributed by atoms with Crippen molar-refractivity contribution in [3.63, 3.8) is 0 Å². The van der Waals surface area contributed by atoms with E-state index < -0.39 is 0 Å². The van der Waals surface area contributed by atoms with Crippen LogP contribution in [0.4, 0.5) is 5.69 Å². The van der Waals surface area contributed by atoms with Crippen LogP contribution in [-0.4, -0.2) is 5.91 Å². The number of hydrogen-bond acceptors (Lipinski definition) is 1. The highest BCUT2D eigenvalue weighted by Gasteiger charge is 2.46. The number of halogens is 1. The zero-order valence-corrected chi connectivity index (χ0v) is 9.98. The highest BCUT2D eigenvalue weighted by Crippen LogP contribution is 2.47. The van der Waals surface area contributed by atoms with Gasteiger partial charge in [0.1, 0.15) is 0 Å². The van der Waals surface area contributed by atoms with Gasteiger partial charge in [0.25, 0.3) is 0 Å². The predicted octanol–water partition coefficient (Wildman–Crippen LogP) is 3.26. The Morgan fingerprint density at radius 2 is 1.75 bits per heavy atom. The van der Waals surface area contributed by atoms with Crippen molar-refractivity contribution in [2.45, 2.75) is 37.5 Å². The van der Waals surface area contributed by atoms with Gasteiger partial charge in [-0.1, -0.05) is 37.5 Å². The summed E-state index contributed by atoms with van der Waals surface area (Å²) in [7, 11) is 0. The van der Waals surface area contributed by atoms with Crippen molar-refractivity contribution in [2.75, 3.05) is 5.32 Å². The van der Waals surface area contributed by atoms with E-state index in [0.717, 1.165) is 18.5 Å². The molecule has 1 aromatic rings. The minimum absolute atomic E-state index is 0. The molecule has 2 nitrogen and oxygen atoms in total. The van der Waals surface area contributed by atoms with E-state index in [9.17, 15) is 4.79 Å². The highest BCUT2D eigenvalue weighted by molar-refractivity contribution is 6.06. The molecule has 3 heteroatoms. The quantitative estimate of drug-likeness (QED) is 0.737. The number of carbonyl (C=O) groups is 1. The molecule has 1 saturated carbocycles. The van der Waals surface area contributed by atoms with Crippen molar-refractivity contribution in [3.05, 3.63) is 29.8 Å². The number of carbonyl (C=O) groups excluding carboxylic acids is 1. The molecule has 1 fully saturated rings. The highest BCUT2D eigenvalue weighted by atomic mass is 35.5. The first-order valence-electron chi connectivity index (χ1n) is 5.74. The maximum Gasteiger partial charge on any atom is 0.235 e. The van der Waals surface area contributed by atoms with Crippen molar-refractivity contribution >= 4 is 24.0 Å². The average Bonchev–Trinajstić information content (AvgIpc) is 2.55. The van der Waals surface area contributed by atoms with Crippen LogP contribution in [0.1, 0.15) is 37.7 Å². The van der Waals surface area contributed by atoms with E-state index in [4.69, 9.17) is 0 Å². The van der Waals surface area contributed by atoms with Crippen LogP contribution < -0.4 is 5.32 Å². The zero-order valence-electron chi connectivity index (χ0n) is 9.16. The molecule has 1 spiro atoms. The third-order valence-electron chi connectivity index (χ3n) is 3.83. The van der Waals surface area contributed by atoms with Crippen LogP contribution in [0.5, 0.6) is 0 Å². The molecule has 1 aliphatic carbocycles. The van der Waals surface area contributed by atoms with Gasteiger partial charge in [0.15, 0.2) is 0 Å². The Kier molecular flexibility index (Phi) is 2.94. The molecule has 1 N–H and O–H groups in total. The first-order valence-corrected chi connectivity index (χ1v) is 5.74. The molecular formula is C13H16ClNO. The molecular weight excluding hydrogens is 222 g/mol. The van der Waals surface area contributed by atoms with E-state index in [1.165, 1.54) is 24.8 Å². The molecule has 1 aromatic carbocycles. The number of anilines is 1. The molecule has 1 aliphatic heterocycles. The minimum atomic E-state index is -0.186. The van der Waals surface area contributed by atoms with Crippen molar-refractivity contribution in [3.8, 4) is 0 Å². The second-order valence-electron chi connectivity index (χ2n) is 4.64. The number of fused-ring (bicyclic) bond motifs is 2. The van der Waals surface area contributed by atoms with Gasteiger partial charge in [0, 0.05) is 5.69 Å². The summed E-state index contributed by atoms with van der Waals surface area (Å²) in [5, 5.41) is 3.02. The van der Waals surface area contributed by atoms with Gasteiger partial charge in [-0.15, -0.1) is 12.4 Å². The van der Waals surface area contributed by atoms with Crippen LogP contribution in [0.2, 0.25) is 0 Å². The van der Waals surface area contributed by atoms with Gasteiger partial charge in [-0.3, -0.25) is 4.79 Å². The maximum atomic E-state index is 12.1. The molecule has 0 unspecified atom stereocenters. The van der Waals surface area contributed by atoms with Gasteiger partial charge in [0.2, 0.25) is 5.91 Å². The second-order valence-corrected chi connectivity index (χ2v) is 4.64. The summed E-state index contributed by atoms with van der Waals surface area (Å²) in [6.45, 7) is 0. The van der Waals surface area contributed by atoms with Crippen molar-refractivity contribution in [2.24, 2.45) is 0 Å². The van der Waals surface area contributed by atoms with Crippen LogP contribution in [0.25, 0.3) is 0 Å². The Bertz CT molecular complexity index is 410. The van der Waals surface area contributed by atoms with E-state index in [1.807, 2.05) is 18.2 Å². The monoisotopic (exact) mass is 237 g/mol. The largest absolute Gasteiger partial charge is 0.325 e. The fourth-order valence-corrected chi connectivity index (χ4v) is 3.03. The normalized spacial score (nSPS) is 21.1. The van der Waals surface area contributed by atoms with Crippen molar-refractivity contribution < 1.29 is 4.79 Å². The number of nitrogens with one attached hydrogen (secondary N) is 1. The summed E-state index contributed by atoms with van der Waals surface area (Å²) < 4.78 is 0. The molecule has 86 valence electrons. The summed E-state index contributed by atoms with van der Waals surface area (Å²) in [5.74, 6) is 0.225. The maximum absolute atomic E-state index is 12.1. The Balaban J connectivity index is 0.000000963. The van der Waals surface area contributed by atoms with Crippen LogP contribution in [0.3, 0.4) is 0 Å². The summed E-state index contributed by atoms with van der Waals surface area (Å²) in [6, 6.07) is 8.14. The molecule has 0 aromatic heterocycles. The van der Waals surface area contributed by atoms with Crippen molar-refractivity contribution in [1.82, 2.24) is 0 Å². The van der Waals surface area contributed by atoms with E-state index in [0.29, 0.717) is 0 Å². The summed E-state index contributed by atoms with van der Waals surface area (Å²) in [4.78, 5) is 12.1. The van der Waals surface area contributed by atoms with Gasteiger partial charge in [0.05, 0.1) is 5.41 Å². The summed E-state index contributed by atoms with van der Waals surface area (Å²) >= 11 is 0. The van der Waals surface area contributed by atoms with Crippen LogP contribution in [0.15, 0.2) is 24.3 Å². The number of hydrogen-bond donors (Lipinski definition) is 1. The molecule has 3 rings (SSSR count). The SMILES string of the molecule is Cl.O=C1Nc2ccccc2C12CCCCC2. The van der Waals surface area contributed by atoms with Gasteiger partial charge >= 0.3 is 0 Å². The molecule has 0 radical (unpaired) electrons. The van der Waals surface area contributed by atoms with Gasteiger partial charge in [-0.05, 0) is 24.5 Å². The topological polar surface area (TPSA) is 29.1 Å². The lowest BCUT2D eigenvalue weighted by molar-refractivity contribution is -0.121. The molecule has 1 amide bonds. The minimum Gasteiger partial charge on any atom is -0.325 e. The average molecular weight is 238 g/mol.